The Balaban J connectivity index is 1.45. The van der Waals surface area contributed by atoms with Crippen LogP contribution in [0.15, 0.2) is 42.7 Å². The first-order valence-corrected chi connectivity index (χ1v) is 9.90. The maximum absolute atomic E-state index is 10.2. The highest BCUT2D eigenvalue weighted by Gasteiger charge is 2.41. The lowest BCUT2D eigenvalue weighted by Gasteiger charge is -2.42. The van der Waals surface area contributed by atoms with Crippen molar-refractivity contribution in [3.63, 3.8) is 0 Å². The van der Waals surface area contributed by atoms with Crippen molar-refractivity contribution in [1.29, 1.82) is 0 Å². The Morgan fingerprint density at radius 2 is 1.79 bits per heavy atom. The van der Waals surface area contributed by atoms with Gasteiger partial charge in [0.15, 0.2) is 5.82 Å². The van der Waals surface area contributed by atoms with Gasteiger partial charge in [0.05, 0.1) is 11.4 Å². The van der Waals surface area contributed by atoms with Crippen molar-refractivity contribution in [3.05, 3.63) is 47.9 Å². The third kappa shape index (κ3) is 3.19. The normalized spacial score (nSPS) is 20.9. The number of hydrogen-bond donors (Lipinski definition) is 2. The van der Waals surface area contributed by atoms with Gasteiger partial charge in [0.1, 0.15) is 23.0 Å². The Bertz CT molecular complexity index is 1050. The van der Waals surface area contributed by atoms with Gasteiger partial charge in [0.25, 0.3) is 0 Å². The fraction of sp³-hybridized carbons (Fsp3) is 0.300. The van der Waals surface area contributed by atoms with Gasteiger partial charge in [-0.15, -0.1) is 10.2 Å². The Hall–Kier alpha value is -3.13. The molecule has 0 radical (unpaired) electrons. The molecule has 2 aliphatic heterocycles. The predicted octanol–water partition coefficient (Wildman–Crippen LogP) is 2.73. The highest BCUT2D eigenvalue weighted by Crippen LogP contribution is 2.38. The van der Waals surface area contributed by atoms with E-state index in [4.69, 9.17) is 17.3 Å². The second-order valence-corrected chi connectivity index (χ2v) is 7.80. The third-order valence-corrected chi connectivity index (χ3v) is 5.89. The summed E-state index contributed by atoms with van der Waals surface area (Å²) < 4.78 is 0. The van der Waals surface area contributed by atoms with Gasteiger partial charge in [-0.1, -0.05) is 23.7 Å². The lowest BCUT2D eigenvalue weighted by Crippen LogP contribution is -2.54. The predicted molar refractivity (Wildman–Crippen MR) is 112 cm³/mol. The molecule has 3 N–H and O–H groups in total. The maximum Gasteiger partial charge on any atom is 0.169 e. The van der Waals surface area contributed by atoms with Gasteiger partial charge in [-0.25, -0.2) is 9.97 Å². The zero-order valence-corrected chi connectivity index (χ0v) is 16.4. The second kappa shape index (κ2) is 7.04. The van der Waals surface area contributed by atoms with Gasteiger partial charge in [-0.05, 0) is 31.0 Å². The van der Waals surface area contributed by atoms with Gasteiger partial charge >= 0.3 is 0 Å². The molecule has 2 fully saturated rings. The molecule has 9 heteroatoms. The van der Waals surface area contributed by atoms with Crippen molar-refractivity contribution < 1.29 is 5.11 Å². The molecule has 29 heavy (non-hydrogen) atoms. The van der Waals surface area contributed by atoms with Crippen LogP contribution in [0, 0.1) is 0 Å². The Labute approximate surface area is 173 Å². The summed E-state index contributed by atoms with van der Waals surface area (Å²) in [7, 11) is 0. The third-order valence-electron chi connectivity index (χ3n) is 5.69. The van der Waals surface area contributed by atoms with Crippen LogP contribution in [0.3, 0.4) is 0 Å². The largest absolute Gasteiger partial charge is 0.507 e. The number of nitrogen functional groups attached to an aromatic ring is 1. The molecule has 2 saturated heterocycles. The standard InChI is InChI=1S/C20H20ClN7O/c21-18-8-19(24-11-23-18)28-12-5-6-13(28)10-27(9-12)16-7-15(25-26-20(16)22)14-3-1-2-4-17(14)29/h1-4,7-8,11-13,29H,5-6,9-10H2,(H2,22,26). The van der Waals surface area contributed by atoms with Crippen LogP contribution >= 0.6 is 11.6 Å². The maximum atomic E-state index is 10.2. The number of phenolic OH excluding ortho intramolecular Hbond substituents is 1. The van der Waals surface area contributed by atoms with E-state index in [1.54, 1.807) is 12.1 Å². The van der Waals surface area contributed by atoms with Gasteiger partial charge in [0, 0.05) is 36.8 Å². The summed E-state index contributed by atoms with van der Waals surface area (Å²) in [5, 5.41) is 19.0. The number of rotatable bonds is 3. The van der Waals surface area contributed by atoms with Crippen LogP contribution in [-0.4, -0.2) is 50.4 Å². The number of nitrogens with zero attached hydrogens (tertiary/aromatic N) is 6. The number of piperazine rings is 1. The monoisotopic (exact) mass is 409 g/mol. The van der Waals surface area contributed by atoms with E-state index in [0.717, 1.165) is 37.4 Å². The van der Waals surface area contributed by atoms with Crippen molar-refractivity contribution >= 4 is 28.9 Å². The lowest BCUT2D eigenvalue weighted by molar-refractivity contribution is 0.477. The zero-order chi connectivity index (χ0) is 20.0. The molecule has 0 saturated carbocycles. The highest BCUT2D eigenvalue weighted by molar-refractivity contribution is 6.29. The molecule has 2 bridgehead atoms. The number of anilines is 3. The number of aromatic nitrogens is 4. The molecule has 3 aromatic rings. The number of aromatic hydroxyl groups is 1. The second-order valence-electron chi connectivity index (χ2n) is 7.41. The minimum absolute atomic E-state index is 0.169. The van der Waals surface area contributed by atoms with Crippen LogP contribution in [0.25, 0.3) is 11.3 Å². The fourth-order valence-corrected chi connectivity index (χ4v) is 4.55. The molecule has 0 amide bonds. The van der Waals surface area contributed by atoms with E-state index >= 15 is 0 Å². The smallest absolute Gasteiger partial charge is 0.169 e. The minimum atomic E-state index is 0.169. The molecule has 148 valence electrons. The summed E-state index contributed by atoms with van der Waals surface area (Å²) in [4.78, 5) is 13.0. The number of halogens is 1. The van der Waals surface area contributed by atoms with E-state index in [0.29, 0.717) is 34.3 Å². The van der Waals surface area contributed by atoms with Crippen molar-refractivity contribution in [1.82, 2.24) is 20.2 Å². The van der Waals surface area contributed by atoms with E-state index in [9.17, 15) is 5.11 Å². The number of para-hydroxylation sites is 1. The molecule has 2 unspecified atom stereocenters. The first kappa shape index (κ1) is 17.9. The average molecular weight is 410 g/mol. The molecule has 1 aromatic carbocycles. The molecular weight excluding hydrogens is 390 g/mol. The van der Waals surface area contributed by atoms with Crippen LogP contribution in [0.5, 0.6) is 5.75 Å². The lowest BCUT2D eigenvalue weighted by atomic mass is 10.1. The summed E-state index contributed by atoms with van der Waals surface area (Å²) in [6, 6.07) is 11.4. The summed E-state index contributed by atoms with van der Waals surface area (Å²) >= 11 is 6.07. The summed E-state index contributed by atoms with van der Waals surface area (Å²) in [5.41, 5.74) is 8.27. The molecule has 8 nitrogen and oxygen atoms in total. The van der Waals surface area contributed by atoms with Crippen molar-refractivity contribution in [2.75, 3.05) is 28.6 Å². The molecule has 0 aliphatic carbocycles. The minimum Gasteiger partial charge on any atom is -0.507 e. The summed E-state index contributed by atoms with van der Waals surface area (Å²) in [5.74, 6) is 1.43. The Morgan fingerprint density at radius 1 is 1.03 bits per heavy atom. The van der Waals surface area contributed by atoms with Gasteiger partial charge in [-0.3, -0.25) is 0 Å². The van der Waals surface area contributed by atoms with Gasteiger partial charge in [0.2, 0.25) is 0 Å². The molecule has 5 rings (SSSR count). The van der Waals surface area contributed by atoms with Crippen LogP contribution < -0.4 is 15.5 Å². The average Bonchev–Trinajstić information content (AvgIpc) is 2.98. The molecular formula is C20H20ClN7O. The van der Waals surface area contributed by atoms with Crippen LogP contribution in [-0.2, 0) is 0 Å². The zero-order valence-electron chi connectivity index (χ0n) is 15.6. The summed E-state index contributed by atoms with van der Waals surface area (Å²) in [6.45, 7) is 1.60. The van der Waals surface area contributed by atoms with E-state index in [-0.39, 0.29) is 5.75 Å². The molecule has 2 aliphatic rings. The Kier molecular flexibility index (Phi) is 4.35. The van der Waals surface area contributed by atoms with Gasteiger partial charge in [-0.2, -0.15) is 0 Å². The van der Waals surface area contributed by atoms with Crippen LogP contribution in [0.2, 0.25) is 5.15 Å². The van der Waals surface area contributed by atoms with Crippen molar-refractivity contribution in [2.45, 2.75) is 24.9 Å². The summed E-state index contributed by atoms with van der Waals surface area (Å²) in [6.07, 6.45) is 3.66. The number of nitrogens with two attached hydrogens (primary N) is 1. The van der Waals surface area contributed by atoms with Crippen LogP contribution in [0.4, 0.5) is 17.3 Å². The molecule has 4 heterocycles. The van der Waals surface area contributed by atoms with Crippen molar-refractivity contribution in [2.24, 2.45) is 0 Å². The fourth-order valence-electron chi connectivity index (χ4n) is 4.41. The first-order valence-electron chi connectivity index (χ1n) is 9.52. The van der Waals surface area contributed by atoms with Crippen LogP contribution in [0.1, 0.15) is 12.8 Å². The van der Waals surface area contributed by atoms with Gasteiger partial charge < -0.3 is 20.6 Å². The van der Waals surface area contributed by atoms with Crippen molar-refractivity contribution in [3.8, 4) is 17.0 Å². The topological polar surface area (TPSA) is 104 Å². The number of fused-ring (bicyclic) bond motifs is 2. The SMILES string of the molecule is Nc1nnc(-c2ccccc2O)cc1N1CC2CCC(C1)N2c1cc(Cl)ncn1. The van der Waals surface area contributed by atoms with E-state index < -0.39 is 0 Å². The van der Waals surface area contributed by atoms with E-state index in [1.165, 1.54) is 6.33 Å². The Morgan fingerprint density at radius 3 is 2.52 bits per heavy atom. The number of hydrogen-bond acceptors (Lipinski definition) is 8. The molecule has 2 atom stereocenters. The molecule has 0 spiro atoms. The number of benzene rings is 1. The van der Waals surface area contributed by atoms with E-state index in [1.807, 2.05) is 24.3 Å². The quantitative estimate of drug-likeness (QED) is 0.636. The van der Waals surface area contributed by atoms with E-state index in [2.05, 4.69) is 30.0 Å². The number of phenols is 1. The first-order chi connectivity index (χ1) is 14.1. The highest BCUT2D eigenvalue weighted by atomic mass is 35.5. The molecule has 2 aromatic heterocycles.